The van der Waals surface area contributed by atoms with Crippen LogP contribution in [-0.2, 0) is 4.79 Å². The fourth-order valence-corrected chi connectivity index (χ4v) is 4.13. The van der Waals surface area contributed by atoms with E-state index >= 15 is 0 Å². The average molecular weight is 420 g/mol. The summed E-state index contributed by atoms with van der Waals surface area (Å²) < 4.78 is 6.78. The maximum absolute atomic E-state index is 13.0. The fraction of sp³-hybridized carbons (Fsp3) is 0.174. The molecule has 0 bridgehead atoms. The van der Waals surface area contributed by atoms with E-state index in [0.29, 0.717) is 22.5 Å². The van der Waals surface area contributed by atoms with Crippen molar-refractivity contribution < 1.29 is 9.53 Å². The second-order valence-electron chi connectivity index (χ2n) is 6.78. The largest absolute Gasteiger partial charge is 0.494 e. The average Bonchev–Trinajstić information content (AvgIpc) is 3.21. The van der Waals surface area contributed by atoms with E-state index in [1.807, 2.05) is 43.3 Å². The smallest absolute Gasteiger partial charge is 0.262 e. The summed E-state index contributed by atoms with van der Waals surface area (Å²) in [5.74, 6) is 0.446. The number of fused-ring (bicyclic) bond motifs is 1. The molecule has 0 aliphatic rings. The first-order valence-corrected chi connectivity index (χ1v) is 10.5. The van der Waals surface area contributed by atoms with Gasteiger partial charge in [0.25, 0.3) is 5.56 Å². The van der Waals surface area contributed by atoms with E-state index < -0.39 is 6.04 Å². The van der Waals surface area contributed by atoms with Crippen molar-refractivity contribution in [3.8, 4) is 16.2 Å². The lowest BCUT2D eigenvalue weighted by Gasteiger charge is -2.15. The number of ether oxygens (including phenoxy) is 1. The molecule has 1 N–H and O–H groups in total. The molecule has 152 valence electrons. The second kappa shape index (κ2) is 8.51. The summed E-state index contributed by atoms with van der Waals surface area (Å²) in [5, 5.41) is 3.35. The van der Waals surface area contributed by atoms with Gasteiger partial charge >= 0.3 is 0 Å². The van der Waals surface area contributed by atoms with E-state index in [1.165, 1.54) is 22.2 Å². The molecule has 1 amide bonds. The summed E-state index contributed by atoms with van der Waals surface area (Å²) in [5.41, 5.74) is 1.44. The molecule has 0 unspecified atom stereocenters. The minimum Gasteiger partial charge on any atom is -0.494 e. The van der Waals surface area contributed by atoms with Crippen LogP contribution >= 0.6 is 11.3 Å². The minimum absolute atomic E-state index is 0.229. The maximum Gasteiger partial charge on any atom is 0.262 e. The molecule has 7 heteroatoms. The van der Waals surface area contributed by atoms with E-state index in [0.717, 1.165) is 16.2 Å². The van der Waals surface area contributed by atoms with E-state index in [-0.39, 0.29) is 11.5 Å². The molecule has 2 heterocycles. The van der Waals surface area contributed by atoms with Crippen molar-refractivity contribution in [3.05, 3.63) is 77.3 Å². The Kier molecular flexibility index (Phi) is 5.63. The molecule has 2 aromatic heterocycles. The van der Waals surface area contributed by atoms with Crippen molar-refractivity contribution in [3.63, 3.8) is 0 Å². The van der Waals surface area contributed by atoms with Gasteiger partial charge in [-0.05, 0) is 49.7 Å². The molecule has 4 rings (SSSR count). The Morgan fingerprint density at radius 2 is 1.90 bits per heavy atom. The summed E-state index contributed by atoms with van der Waals surface area (Å²) in [6.07, 6.45) is 1.44. The number of thiophene rings is 1. The molecule has 30 heavy (non-hydrogen) atoms. The van der Waals surface area contributed by atoms with Crippen LogP contribution in [0.2, 0.25) is 0 Å². The first-order valence-electron chi connectivity index (χ1n) is 9.66. The van der Waals surface area contributed by atoms with Crippen LogP contribution in [-0.4, -0.2) is 22.1 Å². The van der Waals surface area contributed by atoms with Crippen molar-refractivity contribution >= 4 is 33.1 Å². The van der Waals surface area contributed by atoms with Crippen LogP contribution in [0.5, 0.6) is 5.75 Å². The van der Waals surface area contributed by atoms with Crippen LogP contribution in [0.4, 0.5) is 5.69 Å². The van der Waals surface area contributed by atoms with Gasteiger partial charge in [-0.3, -0.25) is 14.2 Å². The Bertz CT molecular complexity index is 1230. The highest BCUT2D eigenvalue weighted by Gasteiger charge is 2.19. The number of rotatable bonds is 6. The standard InChI is InChI=1S/C23H21N3O3S/c1-3-29-18-11-9-17(10-12-18)25-21(27)15(2)26-14-24-22-19(23(26)28)13-20(30-22)16-7-5-4-6-8-16/h4-15H,3H2,1-2H3,(H,25,27)/t15-/m0/s1. The molecule has 0 saturated heterocycles. The monoisotopic (exact) mass is 419 g/mol. The van der Waals surface area contributed by atoms with Crippen molar-refractivity contribution in [2.45, 2.75) is 19.9 Å². The quantitative estimate of drug-likeness (QED) is 0.491. The van der Waals surface area contributed by atoms with Crippen LogP contribution in [0.3, 0.4) is 0 Å². The Morgan fingerprint density at radius 1 is 1.17 bits per heavy atom. The van der Waals surface area contributed by atoms with E-state index in [4.69, 9.17) is 4.74 Å². The Balaban J connectivity index is 1.58. The summed E-state index contributed by atoms with van der Waals surface area (Å²) >= 11 is 1.46. The number of hydrogen-bond acceptors (Lipinski definition) is 5. The van der Waals surface area contributed by atoms with Gasteiger partial charge in [-0.25, -0.2) is 4.98 Å². The Morgan fingerprint density at radius 3 is 2.60 bits per heavy atom. The van der Waals surface area contributed by atoms with Crippen LogP contribution in [0.1, 0.15) is 19.9 Å². The minimum atomic E-state index is -0.707. The maximum atomic E-state index is 13.0. The zero-order valence-electron chi connectivity index (χ0n) is 16.7. The van der Waals surface area contributed by atoms with Crippen LogP contribution in [0.15, 0.2) is 71.8 Å². The van der Waals surface area contributed by atoms with E-state index in [2.05, 4.69) is 10.3 Å². The highest BCUT2D eigenvalue weighted by molar-refractivity contribution is 7.21. The van der Waals surface area contributed by atoms with Crippen molar-refractivity contribution in [1.82, 2.24) is 9.55 Å². The third-order valence-electron chi connectivity index (χ3n) is 4.76. The highest BCUT2D eigenvalue weighted by Crippen LogP contribution is 2.30. The first-order chi connectivity index (χ1) is 14.6. The summed E-state index contributed by atoms with van der Waals surface area (Å²) in [6.45, 7) is 4.18. The highest BCUT2D eigenvalue weighted by atomic mass is 32.1. The number of carbonyl (C=O) groups is 1. The van der Waals surface area contributed by atoms with Gasteiger partial charge in [0.1, 0.15) is 16.6 Å². The van der Waals surface area contributed by atoms with Crippen molar-refractivity contribution in [1.29, 1.82) is 0 Å². The number of amides is 1. The van der Waals surface area contributed by atoms with Gasteiger partial charge in [0.2, 0.25) is 5.91 Å². The molecule has 0 aliphatic carbocycles. The summed E-state index contributed by atoms with van der Waals surface area (Å²) in [7, 11) is 0. The van der Waals surface area contributed by atoms with Crippen LogP contribution in [0, 0.1) is 0 Å². The third-order valence-corrected chi connectivity index (χ3v) is 5.86. The van der Waals surface area contributed by atoms with Gasteiger partial charge in [-0.1, -0.05) is 30.3 Å². The Hall–Kier alpha value is -3.45. The van der Waals surface area contributed by atoms with Crippen LogP contribution in [0.25, 0.3) is 20.7 Å². The second-order valence-corrected chi connectivity index (χ2v) is 7.81. The van der Waals surface area contributed by atoms with Gasteiger partial charge in [0.05, 0.1) is 18.3 Å². The molecule has 0 aliphatic heterocycles. The molecule has 0 spiro atoms. The lowest BCUT2D eigenvalue weighted by atomic mass is 10.2. The predicted octanol–water partition coefficient (Wildman–Crippen LogP) is 4.72. The van der Waals surface area contributed by atoms with Crippen LogP contribution < -0.4 is 15.6 Å². The number of aromatic nitrogens is 2. The lowest BCUT2D eigenvalue weighted by molar-refractivity contribution is -0.118. The molecule has 4 aromatic rings. The van der Waals surface area contributed by atoms with Gasteiger partial charge in [0, 0.05) is 10.6 Å². The molecule has 6 nitrogen and oxygen atoms in total. The fourth-order valence-electron chi connectivity index (χ4n) is 3.13. The van der Waals surface area contributed by atoms with Gasteiger partial charge < -0.3 is 10.1 Å². The SMILES string of the molecule is CCOc1ccc(NC(=O)[C@H](C)n2cnc3sc(-c4ccccc4)cc3c2=O)cc1. The van der Waals surface area contributed by atoms with E-state index in [1.54, 1.807) is 31.2 Å². The molecule has 1 atom stereocenters. The van der Waals surface area contributed by atoms with Gasteiger partial charge in [-0.2, -0.15) is 0 Å². The molecule has 0 fully saturated rings. The summed E-state index contributed by atoms with van der Waals surface area (Å²) in [6, 6.07) is 18.1. The first kappa shape index (κ1) is 19.8. The number of carbonyl (C=O) groups excluding carboxylic acids is 1. The molecule has 0 radical (unpaired) electrons. The lowest BCUT2D eigenvalue weighted by Crippen LogP contribution is -2.31. The number of hydrogen-bond donors (Lipinski definition) is 1. The molecule has 0 saturated carbocycles. The molecule has 2 aromatic carbocycles. The zero-order valence-corrected chi connectivity index (χ0v) is 17.5. The molecular formula is C23H21N3O3S. The third kappa shape index (κ3) is 3.97. The normalized spacial score (nSPS) is 11.9. The van der Waals surface area contributed by atoms with Crippen molar-refractivity contribution in [2.24, 2.45) is 0 Å². The number of nitrogens with zero attached hydrogens (tertiary/aromatic N) is 2. The summed E-state index contributed by atoms with van der Waals surface area (Å²) in [4.78, 5) is 31.8. The van der Waals surface area contributed by atoms with Gasteiger partial charge in [-0.15, -0.1) is 11.3 Å². The predicted molar refractivity (Wildman–Crippen MR) is 120 cm³/mol. The van der Waals surface area contributed by atoms with Gasteiger partial charge in [0.15, 0.2) is 0 Å². The topological polar surface area (TPSA) is 73.2 Å². The molecular weight excluding hydrogens is 398 g/mol. The zero-order chi connectivity index (χ0) is 21.1. The number of anilines is 1. The number of benzene rings is 2. The van der Waals surface area contributed by atoms with E-state index in [9.17, 15) is 9.59 Å². The Labute approximate surface area is 177 Å². The number of nitrogens with one attached hydrogen (secondary N) is 1. The van der Waals surface area contributed by atoms with Crippen molar-refractivity contribution in [2.75, 3.05) is 11.9 Å².